The molecule has 0 aliphatic carbocycles. The van der Waals surface area contributed by atoms with E-state index in [1.54, 1.807) is 24.5 Å². The molecule has 0 bridgehead atoms. The van der Waals surface area contributed by atoms with Crippen LogP contribution in [0.2, 0.25) is 5.02 Å². The van der Waals surface area contributed by atoms with Gasteiger partial charge in [0.1, 0.15) is 0 Å². The van der Waals surface area contributed by atoms with Crippen molar-refractivity contribution in [1.82, 2.24) is 24.3 Å². The average molecular weight is 419 g/mol. The van der Waals surface area contributed by atoms with Crippen LogP contribution in [0.3, 0.4) is 0 Å². The lowest BCUT2D eigenvalue weighted by Crippen LogP contribution is -2.32. The molecule has 1 saturated heterocycles. The van der Waals surface area contributed by atoms with Gasteiger partial charge in [0.15, 0.2) is 0 Å². The van der Waals surface area contributed by atoms with Gasteiger partial charge in [0.05, 0.1) is 16.4 Å². The summed E-state index contributed by atoms with van der Waals surface area (Å²) in [5.74, 6) is 0.562. The van der Waals surface area contributed by atoms with Crippen LogP contribution in [0.25, 0.3) is 28.3 Å². The third kappa shape index (κ3) is 3.59. The predicted octanol–water partition coefficient (Wildman–Crippen LogP) is 4.74. The van der Waals surface area contributed by atoms with Crippen molar-refractivity contribution in [3.05, 3.63) is 66.2 Å². The van der Waals surface area contributed by atoms with E-state index in [9.17, 15) is 4.79 Å². The number of nitrogens with zero attached hydrogens (tertiary/aromatic N) is 5. The fourth-order valence-corrected chi connectivity index (χ4v) is 3.82. The Labute approximate surface area is 178 Å². The number of hydrogen-bond donors (Lipinski definition) is 1. The molecule has 0 unspecified atom stereocenters. The van der Waals surface area contributed by atoms with E-state index in [0.29, 0.717) is 22.2 Å². The van der Waals surface area contributed by atoms with Crippen molar-refractivity contribution in [2.45, 2.75) is 12.8 Å². The van der Waals surface area contributed by atoms with E-state index in [-0.39, 0.29) is 6.03 Å². The van der Waals surface area contributed by atoms with Crippen LogP contribution in [0.4, 0.5) is 10.5 Å². The van der Waals surface area contributed by atoms with Gasteiger partial charge in [-0.3, -0.25) is 9.38 Å². The summed E-state index contributed by atoms with van der Waals surface area (Å²) in [4.78, 5) is 27.6. The molecule has 1 N–H and O–H groups in total. The molecule has 3 aromatic heterocycles. The number of nitrogens with one attached hydrogen (secondary N) is 1. The minimum Gasteiger partial charge on any atom is -0.325 e. The van der Waals surface area contributed by atoms with Crippen molar-refractivity contribution in [1.29, 1.82) is 0 Å². The fraction of sp³-hybridized carbons (Fsp3) is 0.182. The Balaban J connectivity index is 1.46. The lowest BCUT2D eigenvalue weighted by atomic mass is 10.1. The zero-order valence-electron chi connectivity index (χ0n) is 16.1. The second-order valence-electron chi connectivity index (χ2n) is 7.21. The van der Waals surface area contributed by atoms with Gasteiger partial charge in [0, 0.05) is 54.7 Å². The maximum absolute atomic E-state index is 12.4. The number of hydrogen-bond acceptors (Lipinski definition) is 4. The molecule has 30 heavy (non-hydrogen) atoms. The van der Waals surface area contributed by atoms with Crippen LogP contribution in [0.1, 0.15) is 12.8 Å². The molecule has 2 amide bonds. The first-order chi connectivity index (χ1) is 14.7. The Morgan fingerprint density at radius 3 is 2.70 bits per heavy atom. The van der Waals surface area contributed by atoms with Crippen LogP contribution >= 0.6 is 11.6 Å². The lowest BCUT2D eigenvalue weighted by Gasteiger charge is -2.16. The Kier molecular flexibility index (Phi) is 4.80. The topological polar surface area (TPSA) is 75.4 Å². The summed E-state index contributed by atoms with van der Waals surface area (Å²) in [6, 6.07) is 11.1. The summed E-state index contributed by atoms with van der Waals surface area (Å²) in [7, 11) is 0. The number of benzene rings is 1. The highest BCUT2D eigenvalue weighted by Crippen LogP contribution is 2.30. The molecular weight excluding hydrogens is 400 g/mol. The van der Waals surface area contributed by atoms with Gasteiger partial charge in [-0.05, 0) is 43.2 Å². The van der Waals surface area contributed by atoms with Crippen molar-refractivity contribution < 1.29 is 4.79 Å². The molecule has 0 spiro atoms. The number of anilines is 1. The van der Waals surface area contributed by atoms with E-state index in [1.165, 1.54) is 0 Å². The minimum atomic E-state index is -0.0857. The molecule has 1 fully saturated rings. The number of aromatic nitrogens is 4. The summed E-state index contributed by atoms with van der Waals surface area (Å²) in [6.45, 7) is 1.59. The molecule has 4 heterocycles. The quantitative estimate of drug-likeness (QED) is 0.521. The number of carbonyl (C=O) groups is 1. The lowest BCUT2D eigenvalue weighted by molar-refractivity contribution is 0.222. The van der Waals surface area contributed by atoms with Crippen LogP contribution in [0, 0.1) is 0 Å². The molecule has 0 saturated carbocycles. The van der Waals surface area contributed by atoms with Crippen molar-refractivity contribution >= 4 is 29.1 Å². The van der Waals surface area contributed by atoms with Gasteiger partial charge in [-0.15, -0.1) is 0 Å². The highest BCUT2D eigenvalue weighted by Gasteiger charge is 2.18. The van der Waals surface area contributed by atoms with Crippen molar-refractivity contribution in [2.75, 3.05) is 18.4 Å². The summed E-state index contributed by atoms with van der Waals surface area (Å²) >= 11 is 6.45. The number of rotatable bonds is 3. The number of pyridine rings is 1. The van der Waals surface area contributed by atoms with Gasteiger partial charge in [-0.25, -0.2) is 14.8 Å². The van der Waals surface area contributed by atoms with E-state index < -0.39 is 0 Å². The standard InChI is InChI=1S/C22H19ClN6O/c23-18-7-6-16(26-22(30)28-9-3-4-10-28)11-17(18)20-14-29-13-15(12-25-21(29)27-20)19-5-1-2-8-24-19/h1-2,5-8,11-14H,3-4,9-10H2,(H,26,30). The number of halogens is 1. The van der Waals surface area contributed by atoms with Crippen LogP contribution in [-0.2, 0) is 0 Å². The SMILES string of the molecule is O=C(Nc1ccc(Cl)c(-c2cn3cc(-c4ccccn4)cnc3n2)c1)N1CCCC1. The zero-order valence-corrected chi connectivity index (χ0v) is 16.9. The first kappa shape index (κ1) is 18.6. The van der Waals surface area contributed by atoms with Gasteiger partial charge in [-0.2, -0.15) is 0 Å². The second-order valence-corrected chi connectivity index (χ2v) is 7.62. The molecule has 1 aliphatic rings. The van der Waals surface area contributed by atoms with Crippen molar-refractivity contribution in [3.63, 3.8) is 0 Å². The maximum Gasteiger partial charge on any atom is 0.321 e. The molecule has 1 aliphatic heterocycles. The Morgan fingerprint density at radius 2 is 1.90 bits per heavy atom. The van der Waals surface area contributed by atoms with E-state index in [1.807, 2.05) is 46.0 Å². The van der Waals surface area contributed by atoms with Gasteiger partial charge in [0.25, 0.3) is 0 Å². The molecule has 0 radical (unpaired) electrons. The highest BCUT2D eigenvalue weighted by molar-refractivity contribution is 6.33. The largest absolute Gasteiger partial charge is 0.325 e. The molecule has 8 heteroatoms. The summed E-state index contributed by atoms with van der Waals surface area (Å²) in [6.07, 6.45) is 9.42. The van der Waals surface area contributed by atoms with Crippen molar-refractivity contribution in [3.8, 4) is 22.5 Å². The Morgan fingerprint density at radius 1 is 1.03 bits per heavy atom. The maximum atomic E-state index is 12.4. The number of likely N-dealkylation sites (tertiary alicyclic amines) is 1. The molecule has 7 nitrogen and oxygen atoms in total. The highest BCUT2D eigenvalue weighted by atomic mass is 35.5. The van der Waals surface area contributed by atoms with Crippen LogP contribution in [0.5, 0.6) is 0 Å². The average Bonchev–Trinajstić information content (AvgIpc) is 3.45. The zero-order chi connectivity index (χ0) is 20.5. The monoisotopic (exact) mass is 418 g/mol. The van der Waals surface area contributed by atoms with E-state index >= 15 is 0 Å². The molecule has 0 atom stereocenters. The van der Waals surface area contributed by atoms with Crippen LogP contribution in [-0.4, -0.2) is 43.4 Å². The number of carbonyl (C=O) groups excluding carboxylic acids is 1. The molecule has 4 aromatic rings. The van der Waals surface area contributed by atoms with E-state index in [4.69, 9.17) is 11.6 Å². The fourth-order valence-electron chi connectivity index (χ4n) is 3.60. The van der Waals surface area contributed by atoms with E-state index in [0.717, 1.165) is 42.8 Å². The summed E-state index contributed by atoms with van der Waals surface area (Å²) in [5, 5.41) is 3.51. The van der Waals surface area contributed by atoms with E-state index in [2.05, 4.69) is 20.3 Å². The minimum absolute atomic E-state index is 0.0857. The summed E-state index contributed by atoms with van der Waals surface area (Å²) < 4.78 is 1.85. The number of urea groups is 1. The van der Waals surface area contributed by atoms with Gasteiger partial charge < -0.3 is 10.2 Å². The third-order valence-corrected chi connectivity index (χ3v) is 5.49. The molecular formula is C22H19ClN6O. The van der Waals surface area contributed by atoms with Crippen LogP contribution < -0.4 is 5.32 Å². The van der Waals surface area contributed by atoms with Crippen LogP contribution in [0.15, 0.2) is 61.2 Å². The van der Waals surface area contributed by atoms with Gasteiger partial charge in [-0.1, -0.05) is 17.7 Å². The number of amides is 2. The second kappa shape index (κ2) is 7.76. The molecule has 150 valence electrons. The third-order valence-electron chi connectivity index (χ3n) is 5.16. The Bertz CT molecular complexity index is 1220. The first-order valence-electron chi connectivity index (χ1n) is 9.79. The van der Waals surface area contributed by atoms with Gasteiger partial charge in [0.2, 0.25) is 5.78 Å². The predicted molar refractivity (Wildman–Crippen MR) is 116 cm³/mol. The Hall–Kier alpha value is -3.45. The normalized spacial score (nSPS) is 13.7. The first-order valence-corrected chi connectivity index (χ1v) is 10.2. The number of imidazole rings is 1. The smallest absolute Gasteiger partial charge is 0.321 e. The molecule has 5 rings (SSSR count). The van der Waals surface area contributed by atoms with Gasteiger partial charge >= 0.3 is 6.03 Å². The number of fused-ring (bicyclic) bond motifs is 1. The summed E-state index contributed by atoms with van der Waals surface area (Å²) in [5.41, 5.74) is 3.84. The van der Waals surface area contributed by atoms with Crippen molar-refractivity contribution in [2.24, 2.45) is 0 Å². The molecule has 1 aromatic carbocycles.